The fraction of sp³-hybridized carbons (Fsp3) is 0.263. The maximum atomic E-state index is 13.1. The fourth-order valence-corrected chi connectivity index (χ4v) is 3.75. The summed E-state index contributed by atoms with van der Waals surface area (Å²) in [7, 11) is 0. The molecule has 26 heavy (non-hydrogen) atoms. The Morgan fingerprint density at radius 2 is 1.85 bits per heavy atom. The van der Waals surface area contributed by atoms with Gasteiger partial charge in [-0.25, -0.2) is 4.79 Å². The highest BCUT2D eigenvalue weighted by Gasteiger charge is 2.55. The average Bonchev–Trinajstić information content (AvgIpc) is 3.10. The van der Waals surface area contributed by atoms with Gasteiger partial charge in [-0.15, -0.1) is 0 Å². The smallest absolute Gasteiger partial charge is 0.387 e. The minimum atomic E-state index is -2.98. The van der Waals surface area contributed by atoms with Gasteiger partial charge >= 0.3 is 12.6 Å². The molecule has 5 nitrogen and oxygen atoms in total. The summed E-state index contributed by atoms with van der Waals surface area (Å²) in [5.41, 5.74) is 1.12. The number of halogens is 2. The summed E-state index contributed by atoms with van der Waals surface area (Å²) in [4.78, 5) is 26.7. The molecule has 0 bridgehead atoms. The van der Waals surface area contributed by atoms with E-state index in [0.29, 0.717) is 18.4 Å². The van der Waals surface area contributed by atoms with Crippen LogP contribution in [0.4, 0.5) is 13.6 Å². The molecule has 0 radical (unpaired) electrons. The van der Waals surface area contributed by atoms with Crippen LogP contribution in [0.3, 0.4) is 0 Å². The molecule has 1 aliphatic carbocycles. The Morgan fingerprint density at radius 3 is 2.65 bits per heavy atom. The molecular weight excluding hydrogens is 342 g/mol. The summed E-state index contributed by atoms with van der Waals surface area (Å²) in [6.07, 6.45) is 1.18. The van der Waals surface area contributed by atoms with Crippen LogP contribution in [0, 0.1) is 0 Å². The van der Waals surface area contributed by atoms with E-state index in [2.05, 4.69) is 10.1 Å². The summed E-state index contributed by atoms with van der Waals surface area (Å²) in [5.74, 6) is -0.407. The summed E-state index contributed by atoms with van der Waals surface area (Å²) in [5, 5.41) is 2.81. The van der Waals surface area contributed by atoms with Crippen molar-refractivity contribution in [2.45, 2.75) is 31.5 Å². The SMILES string of the molecule is O=C1NC2(CCc3ccccc32)C(=O)N1Cc1ccccc1OC(F)F. The Bertz CT molecular complexity index is 887. The molecule has 1 saturated heterocycles. The largest absolute Gasteiger partial charge is 0.434 e. The number of carbonyl (C=O) groups is 2. The van der Waals surface area contributed by atoms with E-state index in [0.717, 1.165) is 16.0 Å². The van der Waals surface area contributed by atoms with Crippen molar-refractivity contribution < 1.29 is 23.1 Å². The summed E-state index contributed by atoms with van der Waals surface area (Å²) in [6, 6.07) is 13.1. The normalized spacial score (nSPS) is 21.4. The summed E-state index contributed by atoms with van der Waals surface area (Å²) >= 11 is 0. The van der Waals surface area contributed by atoms with Gasteiger partial charge in [-0.05, 0) is 30.0 Å². The van der Waals surface area contributed by atoms with Gasteiger partial charge in [0, 0.05) is 5.56 Å². The zero-order valence-corrected chi connectivity index (χ0v) is 13.7. The third kappa shape index (κ3) is 2.51. The maximum absolute atomic E-state index is 13.1. The first kappa shape index (κ1) is 16.5. The second-order valence-corrected chi connectivity index (χ2v) is 6.37. The van der Waals surface area contributed by atoms with Crippen LogP contribution < -0.4 is 10.1 Å². The second-order valence-electron chi connectivity index (χ2n) is 6.37. The Kier molecular flexibility index (Phi) is 3.86. The first-order valence-electron chi connectivity index (χ1n) is 8.26. The topological polar surface area (TPSA) is 58.6 Å². The molecule has 2 aromatic rings. The molecule has 1 N–H and O–H groups in total. The van der Waals surface area contributed by atoms with Crippen LogP contribution in [0.1, 0.15) is 23.1 Å². The first-order valence-corrected chi connectivity index (χ1v) is 8.26. The molecule has 3 amide bonds. The zero-order chi connectivity index (χ0) is 18.3. The molecule has 2 aliphatic rings. The zero-order valence-electron chi connectivity index (χ0n) is 13.7. The third-order valence-corrected chi connectivity index (χ3v) is 4.94. The van der Waals surface area contributed by atoms with Gasteiger partial charge in [0.2, 0.25) is 0 Å². The molecule has 1 aliphatic heterocycles. The Labute approximate surface area is 148 Å². The van der Waals surface area contributed by atoms with Crippen LogP contribution in [-0.2, 0) is 23.3 Å². The molecule has 134 valence electrons. The maximum Gasteiger partial charge on any atom is 0.387 e. The molecular formula is C19H16F2N2O3. The quantitative estimate of drug-likeness (QED) is 0.854. The lowest BCUT2D eigenvalue weighted by molar-refractivity contribution is -0.132. The number of carbonyl (C=O) groups excluding carboxylic acids is 2. The van der Waals surface area contributed by atoms with Crippen molar-refractivity contribution >= 4 is 11.9 Å². The molecule has 1 heterocycles. The molecule has 1 spiro atoms. The third-order valence-electron chi connectivity index (χ3n) is 4.94. The van der Waals surface area contributed by atoms with E-state index in [1.54, 1.807) is 18.2 Å². The number of amides is 3. The number of hydrogen-bond donors (Lipinski definition) is 1. The van der Waals surface area contributed by atoms with E-state index in [1.165, 1.54) is 6.07 Å². The van der Waals surface area contributed by atoms with E-state index in [-0.39, 0.29) is 18.2 Å². The van der Waals surface area contributed by atoms with Gasteiger partial charge in [0.1, 0.15) is 11.3 Å². The Balaban J connectivity index is 1.64. The van der Waals surface area contributed by atoms with Crippen LogP contribution in [0.2, 0.25) is 0 Å². The molecule has 7 heteroatoms. The van der Waals surface area contributed by atoms with Crippen LogP contribution in [0.5, 0.6) is 5.75 Å². The lowest BCUT2D eigenvalue weighted by Gasteiger charge is -2.22. The molecule has 1 fully saturated rings. The Hall–Kier alpha value is -2.96. The number of hydrogen-bond acceptors (Lipinski definition) is 3. The van der Waals surface area contributed by atoms with Crippen LogP contribution in [0.25, 0.3) is 0 Å². The molecule has 2 aromatic carbocycles. The first-order chi connectivity index (χ1) is 12.5. The number of ether oxygens (including phenoxy) is 1. The van der Waals surface area contributed by atoms with Crippen molar-refractivity contribution in [3.8, 4) is 5.75 Å². The average molecular weight is 358 g/mol. The molecule has 4 rings (SSSR count). The van der Waals surface area contributed by atoms with E-state index in [4.69, 9.17) is 0 Å². The number of fused-ring (bicyclic) bond motifs is 2. The standard InChI is InChI=1S/C19H16F2N2O3/c20-17(21)26-15-8-4-2-6-13(15)11-23-16(24)19(22-18(23)25)10-9-12-5-1-3-7-14(12)19/h1-8,17H,9-11H2,(H,22,25). The minimum absolute atomic E-state index is 0.0455. The minimum Gasteiger partial charge on any atom is -0.434 e. The van der Waals surface area contributed by atoms with Gasteiger partial charge in [0.05, 0.1) is 6.54 Å². The van der Waals surface area contributed by atoms with Crippen molar-refractivity contribution in [3.63, 3.8) is 0 Å². The van der Waals surface area contributed by atoms with E-state index in [9.17, 15) is 18.4 Å². The van der Waals surface area contributed by atoms with Gasteiger partial charge < -0.3 is 10.1 Å². The lowest BCUT2D eigenvalue weighted by atomic mass is 9.92. The molecule has 1 atom stereocenters. The summed E-state index contributed by atoms with van der Waals surface area (Å²) in [6.45, 7) is -3.11. The van der Waals surface area contributed by atoms with Crippen molar-refractivity contribution in [2.75, 3.05) is 0 Å². The number of rotatable bonds is 4. The van der Waals surface area contributed by atoms with Crippen LogP contribution >= 0.6 is 0 Å². The summed E-state index contributed by atoms with van der Waals surface area (Å²) < 4.78 is 29.7. The number of nitrogens with one attached hydrogen (secondary N) is 1. The molecule has 1 unspecified atom stereocenters. The van der Waals surface area contributed by atoms with Crippen LogP contribution in [0.15, 0.2) is 48.5 Å². The van der Waals surface area contributed by atoms with Gasteiger partial charge in [0.25, 0.3) is 5.91 Å². The number of imide groups is 1. The van der Waals surface area contributed by atoms with E-state index >= 15 is 0 Å². The number of aryl methyl sites for hydroxylation is 1. The highest BCUT2D eigenvalue weighted by molar-refractivity contribution is 6.08. The van der Waals surface area contributed by atoms with Gasteiger partial charge in [0.15, 0.2) is 0 Å². The van der Waals surface area contributed by atoms with Crippen molar-refractivity contribution in [2.24, 2.45) is 0 Å². The number of para-hydroxylation sites is 1. The van der Waals surface area contributed by atoms with Crippen LogP contribution in [-0.4, -0.2) is 23.4 Å². The highest BCUT2D eigenvalue weighted by atomic mass is 19.3. The predicted octanol–water partition coefficient (Wildman–Crippen LogP) is 3.18. The molecule has 0 aromatic heterocycles. The van der Waals surface area contributed by atoms with E-state index < -0.39 is 18.2 Å². The monoisotopic (exact) mass is 358 g/mol. The lowest BCUT2D eigenvalue weighted by Crippen LogP contribution is -2.41. The van der Waals surface area contributed by atoms with E-state index in [1.807, 2.05) is 24.3 Å². The van der Waals surface area contributed by atoms with Crippen molar-refractivity contribution in [1.29, 1.82) is 0 Å². The van der Waals surface area contributed by atoms with Crippen molar-refractivity contribution in [3.05, 3.63) is 65.2 Å². The predicted molar refractivity (Wildman–Crippen MR) is 88.6 cm³/mol. The second kappa shape index (κ2) is 6.09. The Morgan fingerprint density at radius 1 is 1.12 bits per heavy atom. The van der Waals surface area contributed by atoms with Crippen molar-refractivity contribution in [1.82, 2.24) is 10.2 Å². The van der Waals surface area contributed by atoms with Gasteiger partial charge in [-0.2, -0.15) is 8.78 Å². The number of urea groups is 1. The number of nitrogens with zero attached hydrogens (tertiary/aromatic N) is 1. The number of alkyl halides is 2. The highest BCUT2D eigenvalue weighted by Crippen LogP contribution is 2.41. The molecule has 0 saturated carbocycles. The number of benzene rings is 2. The van der Waals surface area contributed by atoms with Gasteiger partial charge in [-0.3, -0.25) is 9.69 Å². The van der Waals surface area contributed by atoms with Gasteiger partial charge in [-0.1, -0.05) is 42.5 Å². The fourth-order valence-electron chi connectivity index (χ4n) is 3.75.